The van der Waals surface area contributed by atoms with E-state index >= 15 is 0 Å². The van der Waals surface area contributed by atoms with Crippen LogP contribution >= 0.6 is 92.8 Å². The molecule has 8 amide bonds. The molecule has 7 heterocycles. The summed E-state index contributed by atoms with van der Waals surface area (Å²) in [6.07, 6.45) is 12.4. The monoisotopic (exact) mass is 1930 g/mol. The summed E-state index contributed by atoms with van der Waals surface area (Å²) < 4.78 is 58.7. The number of benzene rings is 8. The maximum atomic E-state index is 14.9. The number of hydrogen-bond donors (Lipinski definition) is 11. The summed E-state index contributed by atoms with van der Waals surface area (Å²) in [6, 6.07) is 46.2. The van der Waals surface area contributed by atoms with Gasteiger partial charge in [-0.3, -0.25) is 54.2 Å². The number of piperidine rings is 1. The van der Waals surface area contributed by atoms with Crippen LogP contribution in [0, 0.1) is 39.5 Å². The minimum Gasteiger partial charge on any atom is -0.357 e. The largest absolute Gasteiger partial charge is 0.357 e. The minimum atomic E-state index is -0.776. The van der Waals surface area contributed by atoms with Gasteiger partial charge in [-0.15, -0.1) is 0 Å². The normalized spacial score (nSPS) is 12.5. The summed E-state index contributed by atoms with van der Waals surface area (Å²) >= 11 is 47.4. The first-order valence-corrected chi connectivity index (χ1v) is 42.9. The van der Waals surface area contributed by atoms with Crippen molar-refractivity contribution in [1.82, 2.24) is 29.7 Å². The lowest BCUT2D eigenvalue weighted by Crippen LogP contribution is -2.35. The molecule has 12 aromatic rings. The molecule has 26 nitrogen and oxygen atoms in total. The molecule has 0 atom stereocenters. The lowest BCUT2D eigenvalue weighted by Gasteiger charge is -2.29. The first-order valence-electron chi connectivity index (χ1n) is 39.9. The SMILES string of the molecule is CC(=N)c1ccc(C(=O)Nc2ccc(Cl)cc2C(=O)Nc2ccc(Cl)cn2)c(F)c1.N=C(c1ccc(C(=O)Nc2ccc(Cl)cc2C(=O)Nc2ccc(Cl)cn2)c(F)c1)N1CCCC1.N=C(c1ccc(C(=O)Nc2ccc(Cl)cc2C(=O)Nc2ccc(Cl)cn2)c(F)c1)N1CCCCC1.O=C(Nc1ccc(Cl)cc1C(=O)Nc1ccc(Cl)cn1)c1ccc(C2=NCCC2)cc1F. The van der Waals surface area contributed by atoms with Gasteiger partial charge >= 0.3 is 0 Å². The molecule has 38 heteroatoms. The molecule has 0 bridgehead atoms. The quantitative estimate of drug-likeness (QED) is 0.0192. The van der Waals surface area contributed by atoms with Crippen molar-refractivity contribution >= 4 is 209 Å². The first-order chi connectivity index (χ1) is 62.8. The number of likely N-dealkylation sites (tertiary alicyclic amines) is 2. The number of carbonyl (C=O) groups excluding carboxylic acids is 8. The number of nitrogens with one attached hydrogen (secondary N) is 11. The van der Waals surface area contributed by atoms with Gasteiger partial charge in [-0.1, -0.05) is 117 Å². The Morgan fingerprint density at radius 3 is 0.832 bits per heavy atom. The van der Waals surface area contributed by atoms with Gasteiger partial charge in [0.1, 0.15) is 58.2 Å². The van der Waals surface area contributed by atoms with Crippen LogP contribution in [0.1, 0.15) is 157 Å². The van der Waals surface area contributed by atoms with Crippen LogP contribution < -0.4 is 42.5 Å². The third kappa shape index (κ3) is 26.4. The summed E-state index contributed by atoms with van der Waals surface area (Å²) in [6.45, 7) is 5.28. The molecule has 0 aliphatic carbocycles. The van der Waals surface area contributed by atoms with Crippen molar-refractivity contribution in [2.24, 2.45) is 4.99 Å². The highest BCUT2D eigenvalue weighted by molar-refractivity contribution is 6.34. The van der Waals surface area contributed by atoms with Gasteiger partial charge in [-0.05, 0) is 233 Å². The van der Waals surface area contributed by atoms with Crippen LogP contribution in [0.2, 0.25) is 40.2 Å². The Hall–Kier alpha value is -13.6. The lowest BCUT2D eigenvalue weighted by molar-refractivity contribution is 0.100. The number of hydrogen-bond acceptors (Lipinski definition) is 16. The van der Waals surface area contributed by atoms with Crippen molar-refractivity contribution in [3.05, 3.63) is 349 Å². The molecule has 2 saturated heterocycles. The maximum Gasteiger partial charge on any atom is 0.258 e. The van der Waals surface area contributed by atoms with Crippen LogP contribution in [0.5, 0.6) is 0 Å². The number of pyridine rings is 4. The lowest BCUT2D eigenvalue weighted by atomic mass is 10.0. The molecule has 0 spiro atoms. The number of anilines is 8. The highest BCUT2D eigenvalue weighted by Gasteiger charge is 2.27. The number of aliphatic imine (C=N–C) groups is 1. The average molecular weight is 1930 g/mol. The molecule has 3 aliphatic rings. The summed E-state index contributed by atoms with van der Waals surface area (Å²) in [5, 5.41) is 47.7. The molecule has 11 N–H and O–H groups in total. The molecule has 0 saturated carbocycles. The van der Waals surface area contributed by atoms with Crippen molar-refractivity contribution < 1.29 is 55.9 Å². The summed E-state index contributed by atoms with van der Waals surface area (Å²) in [5.41, 5.74) is 2.99. The van der Waals surface area contributed by atoms with Crippen LogP contribution in [0.3, 0.4) is 0 Å². The highest BCUT2D eigenvalue weighted by atomic mass is 35.5. The van der Waals surface area contributed by atoms with Gasteiger partial charge in [-0.25, -0.2) is 37.5 Å². The number of halogens is 12. The minimum absolute atomic E-state index is 0.0694. The summed E-state index contributed by atoms with van der Waals surface area (Å²) in [5.74, 6) is -6.61. The van der Waals surface area contributed by atoms with Crippen LogP contribution in [0.25, 0.3) is 0 Å². The second kappa shape index (κ2) is 45.1. The standard InChI is InChI=1S/C25H22Cl2FN5O2.C24H20Cl2FN5O2.C23H17Cl2FN4O2.C21H15Cl2FN4O2/c26-16-5-8-21(19(13-16)25(35)32-22-9-6-17(27)14-30-22)31-24(34)18-7-4-15(12-20(18)28)23(29)33-10-2-1-3-11-33;25-15-4-7-20(18(12-15)24(34)31-21-8-5-16(26)13-29-21)30-23(33)17-6-3-14(11-19(17)27)22(28)32-9-1-2-10-32;24-14-4-7-20(17(11-14)23(32)30-21-8-5-15(25)12-28-21)29-22(31)16-6-3-13(10-18(16)26)19-2-1-9-27-19;1-11(25)12-2-5-15(17(24)8-12)20(29)27-18-6-3-13(22)9-16(18)21(30)28-19-7-4-14(23)10-26-19/h4-9,12-14,29H,1-3,10-11H2,(H,31,34)(H,30,32,35);3-8,11-13,28H,1-2,9-10H2,(H,30,33)(H,29,31,34);3-8,10-12H,1-2,9H2,(H,29,31)(H,28,30,32);2-10,25H,1H3,(H,27,29)(H,26,28,30). The second-order valence-corrected chi connectivity index (χ2v) is 32.6. The van der Waals surface area contributed by atoms with Gasteiger partial charge in [0.15, 0.2) is 0 Å². The van der Waals surface area contributed by atoms with E-state index in [0.29, 0.717) is 47.4 Å². The van der Waals surface area contributed by atoms with Crippen molar-refractivity contribution in [3.8, 4) is 0 Å². The summed E-state index contributed by atoms with van der Waals surface area (Å²) in [4.78, 5) is 126. The van der Waals surface area contributed by atoms with Gasteiger partial charge in [0.05, 0.1) is 87.3 Å². The molecule has 15 rings (SSSR count). The zero-order valence-electron chi connectivity index (χ0n) is 68.7. The third-order valence-electron chi connectivity index (χ3n) is 19.9. The van der Waals surface area contributed by atoms with E-state index in [1.807, 2.05) is 9.80 Å². The Morgan fingerprint density at radius 1 is 0.298 bits per heavy atom. The number of amides is 8. The maximum absolute atomic E-state index is 14.9. The van der Waals surface area contributed by atoms with E-state index in [1.165, 1.54) is 177 Å². The molecule has 4 aromatic heterocycles. The molecular weight excluding hydrogens is 1860 g/mol. The summed E-state index contributed by atoms with van der Waals surface area (Å²) in [7, 11) is 0. The molecule has 8 aromatic carbocycles. The van der Waals surface area contributed by atoms with Crippen LogP contribution in [0.15, 0.2) is 224 Å². The smallest absolute Gasteiger partial charge is 0.258 e. The Balaban J connectivity index is 0.000000158. The number of aromatic nitrogens is 4. The Morgan fingerprint density at radius 2 is 0.565 bits per heavy atom. The second-order valence-electron chi connectivity index (χ2n) is 29.1. The van der Waals surface area contributed by atoms with Gasteiger partial charge < -0.3 is 57.7 Å². The molecule has 2 fully saturated rings. The molecule has 668 valence electrons. The topological polar surface area (TPSA) is 375 Å². The fourth-order valence-corrected chi connectivity index (χ4v) is 14.4. The number of amidine groups is 2. The Bertz CT molecular complexity index is 6460. The van der Waals surface area contributed by atoms with Crippen molar-refractivity contribution in [2.75, 3.05) is 75.3 Å². The van der Waals surface area contributed by atoms with Crippen LogP contribution in [0.4, 0.5) is 63.6 Å². The van der Waals surface area contributed by atoms with E-state index in [4.69, 9.17) is 109 Å². The molecule has 3 aliphatic heterocycles. The van der Waals surface area contributed by atoms with Crippen molar-refractivity contribution in [3.63, 3.8) is 0 Å². The molecular formula is C93H74Cl8F4N18O8. The van der Waals surface area contributed by atoms with Crippen LogP contribution in [-0.4, -0.2) is 133 Å². The Kier molecular flexibility index (Phi) is 33.2. The molecule has 0 unspecified atom stereocenters. The van der Waals surface area contributed by atoms with E-state index in [0.717, 1.165) is 89.4 Å². The van der Waals surface area contributed by atoms with Gasteiger partial charge in [0.25, 0.3) is 47.3 Å². The van der Waals surface area contributed by atoms with E-state index in [-0.39, 0.29) is 123 Å². The number of carbonyl (C=O) groups is 8. The zero-order chi connectivity index (χ0) is 93.7. The van der Waals surface area contributed by atoms with Crippen LogP contribution in [-0.2, 0) is 0 Å². The van der Waals surface area contributed by atoms with Gasteiger partial charge in [0, 0.05) is 100 Å². The van der Waals surface area contributed by atoms with Crippen molar-refractivity contribution in [1.29, 1.82) is 16.2 Å². The third-order valence-corrected chi connectivity index (χ3v) is 21.7. The zero-order valence-corrected chi connectivity index (χ0v) is 74.7. The van der Waals surface area contributed by atoms with Gasteiger partial charge in [-0.2, -0.15) is 0 Å². The van der Waals surface area contributed by atoms with E-state index in [1.54, 1.807) is 42.5 Å². The van der Waals surface area contributed by atoms with Crippen molar-refractivity contribution in [2.45, 2.75) is 51.9 Å². The molecule has 131 heavy (non-hydrogen) atoms. The van der Waals surface area contributed by atoms with E-state index in [9.17, 15) is 55.9 Å². The van der Waals surface area contributed by atoms with E-state index < -0.39 is 70.5 Å². The molecule has 0 radical (unpaired) electrons. The average Bonchev–Trinajstić information content (AvgIpc) is 1.07. The fourth-order valence-electron chi connectivity index (χ4n) is 13.2. The Labute approximate surface area is 786 Å². The number of rotatable bonds is 20. The first kappa shape index (κ1) is 96.5. The number of nitrogens with zero attached hydrogens (tertiary/aromatic N) is 7. The predicted molar refractivity (Wildman–Crippen MR) is 505 cm³/mol. The van der Waals surface area contributed by atoms with Gasteiger partial charge in [0.2, 0.25) is 0 Å². The highest BCUT2D eigenvalue weighted by Crippen LogP contribution is 2.32. The van der Waals surface area contributed by atoms with E-state index in [2.05, 4.69) is 67.5 Å². The predicted octanol–water partition coefficient (Wildman–Crippen LogP) is 22.3. The fraction of sp³-hybridized carbons (Fsp3) is 0.140.